The molecule has 2 aliphatic rings. The second kappa shape index (κ2) is 13.3. The molecule has 0 N–H and O–H groups in total. The third-order valence-corrected chi connectivity index (χ3v) is 9.08. The van der Waals surface area contributed by atoms with Crippen LogP contribution >= 0.6 is 0 Å². The summed E-state index contributed by atoms with van der Waals surface area (Å²) in [7, 11) is -8.37. The van der Waals surface area contributed by atoms with Gasteiger partial charge in [0.05, 0.1) is 33.8 Å². The van der Waals surface area contributed by atoms with Gasteiger partial charge in [-0.3, -0.25) is 19.2 Å². The predicted octanol–water partition coefficient (Wildman–Crippen LogP) is 4.35. The molecular formula is C28H32N2O11S2. The van der Waals surface area contributed by atoms with Gasteiger partial charge in [-0.1, -0.05) is 52.4 Å². The minimum atomic E-state index is -4.19. The van der Waals surface area contributed by atoms with Crippen molar-refractivity contribution in [3.05, 3.63) is 58.7 Å². The molecule has 2 heterocycles. The number of benzene rings is 2. The Balaban J connectivity index is 1.44. The molecule has 43 heavy (non-hydrogen) atoms. The summed E-state index contributed by atoms with van der Waals surface area (Å²) in [6.45, 7) is 3.95. The number of ether oxygens (including phenoxy) is 1. The van der Waals surface area contributed by atoms with Gasteiger partial charge in [-0.2, -0.15) is 16.8 Å². The van der Waals surface area contributed by atoms with Gasteiger partial charge in [-0.05, 0) is 49.2 Å². The highest BCUT2D eigenvalue weighted by molar-refractivity contribution is 7.86. The molecule has 0 aliphatic carbocycles. The Labute approximate surface area is 249 Å². The van der Waals surface area contributed by atoms with E-state index in [-0.39, 0.29) is 55.4 Å². The van der Waals surface area contributed by atoms with Crippen LogP contribution in [0.4, 0.5) is 0 Å². The molecule has 0 saturated carbocycles. The first-order valence-corrected chi connectivity index (χ1v) is 17.1. The molecule has 4 amide bonds. The molecule has 4 rings (SSSR count). The van der Waals surface area contributed by atoms with Gasteiger partial charge in [0, 0.05) is 0 Å². The van der Waals surface area contributed by atoms with Crippen molar-refractivity contribution in [3.8, 4) is 11.5 Å². The summed E-state index contributed by atoms with van der Waals surface area (Å²) < 4.78 is 64.7. The number of fused-ring (bicyclic) bond motifs is 2. The third kappa shape index (κ3) is 7.47. The van der Waals surface area contributed by atoms with Gasteiger partial charge in [0.1, 0.15) is 11.5 Å². The smallest absolute Gasteiger partial charge is 0.288 e. The summed E-state index contributed by atoms with van der Waals surface area (Å²) in [5.74, 6) is -4.42. The zero-order chi connectivity index (χ0) is 31.4. The number of hydrogen-bond acceptors (Lipinski definition) is 11. The van der Waals surface area contributed by atoms with Gasteiger partial charge >= 0.3 is 0 Å². The summed E-state index contributed by atoms with van der Waals surface area (Å²) >= 11 is 0. The van der Waals surface area contributed by atoms with Gasteiger partial charge in [0.2, 0.25) is 0 Å². The SMILES string of the molecule is CCCCCCS(=O)(=O)ON1C(=O)c2ccc(Oc3ccc4c(c3)C(=O)N(OS(=O)(=O)CCCCCC)C4=O)cc2C1=O. The standard InChI is InChI=1S/C28H32N2O11S2/c1-3-5-7-9-15-42(35,36)40-29-25(31)21-13-11-19(17-23(21)27(29)33)39-20-12-14-22-24(18-20)28(34)30(26(22)32)41-43(37,38)16-10-8-6-4-2/h11-14,17-18H,3-10,15-16H2,1-2H3. The molecule has 0 fully saturated rings. The summed E-state index contributed by atoms with van der Waals surface area (Å²) in [6, 6.07) is 7.68. The van der Waals surface area contributed by atoms with Gasteiger partial charge in [-0.15, -0.1) is 18.7 Å². The molecule has 13 nitrogen and oxygen atoms in total. The molecule has 2 aliphatic heterocycles. The molecule has 2 aromatic rings. The number of amides is 4. The molecule has 0 radical (unpaired) electrons. The lowest BCUT2D eigenvalue weighted by molar-refractivity contribution is -0.0107. The number of nitrogens with zero attached hydrogens (tertiary/aromatic N) is 2. The van der Waals surface area contributed by atoms with Crippen LogP contribution in [0.1, 0.15) is 107 Å². The van der Waals surface area contributed by atoms with Crippen LogP contribution in [0.3, 0.4) is 0 Å². The predicted molar refractivity (Wildman–Crippen MR) is 152 cm³/mol. The molecule has 0 aromatic heterocycles. The molecule has 232 valence electrons. The topological polar surface area (TPSA) is 171 Å². The molecule has 15 heteroatoms. The maximum Gasteiger partial charge on any atom is 0.288 e. The highest BCUT2D eigenvalue weighted by Gasteiger charge is 2.41. The zero-order valence-electron chi connectivity index (χ0n) is 23.7. The summed E-state index contributed by atoms with van der Waals surface area (Å²) in [5, 5.41) is 0.408. The van der Waals surface area contributed by atoms with Crippen LogP contribution in [0.2, 0.25) is 0 Å². The van der Waals surface area contributed by atoms with Crippen molar-refractivity contribution in [3.63, 3.8) is 0 Å². The summed E-state index contributed by atoms with van der Waals surface area (Å²) in [4.78, 5) is 51.1. The highest BCUT2D eigenvalue weighted by Crippen LogP contribution is 2.33. The van der Waals surface area contributed by atoms with E-state index in [2.05, 4.69) is 0 Å². The fraction of sp³-hybridized carbons (Fsp3) is 0.429. The van der Waals surface area contributed by atoms with Crippen LogP contribution in [-0.2, 0) is 28.8 Å². The maximum absolute atomic E-state index is 12.9. The Morgan fingerprint density at radius 3 is 1.28 bits per heavy atom. The van der Waals surface area contributed by atoms with Crippen molar-refractivity contribution in [1.82, 2.24) is 10.1 Å². The lowest BCUT2D eigenvalue weighted by Gasteiger charge is -2.12. The number of hydrogen-bond donors (Lipinski definition) is 0. The van der Waals surface area contributed by atoms with Crippen LogP contribution in [0.5, 0.6) is 11.5 Å². The first-order valence-electron chi connectivity index (χ1n) is 14.0. The van der Waals surface area contributed by atoms with E-state index in [9.17, 15) is 36.0 Å². The van der Waals surface area contributed by atoms with Crippen molar-refractivity contribution in [1.29, 1.82) is 0 Å². The zero-order valence-corrected chi connectivity index (χ0v) is 25.4. The van der Waals surface area contributed by atoms with Gasteiger partial charge in [0.15, 0.2) is 0 Å². The van der Waals surface area contributed by atoms with Crippen LogP contribution in [0, 0.1) is 0 Å². The van der Waals surface area contributed by atoms with Crippen molar-refractivity contribution < 1.29 is 49.3 Å². The number of carbonyl (C=O) groups is 4. The molecule has 0 unspecified atom stereocenters. The molecule has 0 atom stereocenters. The Morgan fingerprint density at radius 1 is 0.535 bits per heavy atom. The van der Waals surface area contributed by atoms with Crippen LogP contribution in [0.15, 0.2) is 36.4 Å². The quantitative estimate of drug-likeness (QED) is 0.189. The number of rotatable bonds is 16. The number of hydroxylamine groups is 4. The average Bonchev–Trinajstić information content (AvgIpc) is 3.32. The maximum atomic E-state index is 12.9. The number of imide groups is 2. The van der Waals surface area contributed by atoms with Gasteiger partial charge in [-0.25, -0.2) is 0 Å². The van der Waals surface area contributed by atoms with Crippen LogP contribution < -0.4 is 4.74 Å². The van der Waals surface area contributed by atoms with Gasteiger partial charge < -0.3 is 4.74 Å². The molecule has 2 aromatic carbocycles. The van der Waals surface area contributed by atoms with E-state index >= 15 is 0 Å². The Kier molecular flexibility index (Phi) is 10.00. The highest BCUT2D eigenvalue weighted by atomic mass is 32.2. The first kappa shape index (κ1) is 32.3. The minimum absolute atomic E-state index is 0.0589. The third-order valence-electron chi connectivity index (χ3n) is 6.75. The van der Waals surface area contributed by atoms with Crippen molar-refractivity contribution in [2.75, 3.05) is 11.5 Å². The van der Waals surface area contributed by atoms with E-state index in [0.29, 0.717) is 25.7 Å². The van der Waals surface area contributed by atoms with E-state index in [4.69, 9.17) is 13.3 Å². The van der Waals surface area contributed by atoms with E-state index in [1.807, 2.05) is 13.8 Å². The molecular weight excluding hydrogens is 604 g/mol. The second-order valence-corrected chi connectivity index (χ2v) is 13.5. The molecule has 0 bridgehead atoms. The lowest BCUT2D eigenvalue weighted by Crippen LogP contribution is -2.33. The van der Waals surface area contributed by atoms with E-state index < -0.39 is 43.9 Å². The monoisotopic (exact) mass is 636 g/mol. The van der Waals surface area contributed by atoms with Crippen molar-refractivity contribution >= 4 is 43.9 Å². The first-order chi connectivity index (χ1) is 20.4. The molecule has 0 saturated heterocycles. The number of carbonyl (C=O) groups excluding carboxylic acids is 4. The van der Waals surface area contributed by atoms with Crippen LogP contribution in [-0.4, -0.2) is 62.1 Å². The van der Waals surface area contributed by atoms with E-state index in [0.717, 1.165) is 25.7 Å². The molecule has 0 spiro atoms. The van der Waals surface area contributed by atoms with Gasteiger partial charge in [0.25, 0.3) is 43.9 Å². The second-order valence-electron chi connectivity index (χ2n) is 10.1. The van der Waals surface area contributed by atoms with E-state index in [1.165, 1.54) is 36.4 Å². The van der Waals surface area contributed by atoms with Crippen molar-refractivity contribution in [2.45, 2.75) is 65.2 Å². The van der Waals surface area contributed by atoms with E-state index in [1.54, 1.807) is 0 Å². The average molecular weight is 637 g/mol. The van der Waals surface area contributed by atoms with Crippen LogP contribution in [0.25, 0.3) is 0 Å². The Bertz CT molecular complexity index is 1530. The lowest BCUT2D eigenvalue weighted by atomic mass is 10.1. The Hall–Kier alpha value is -3.66. The summed E-state index contributed by atoms with van der Waals surface area (Å²) in [6.07, 6.45) is 5.46. The fourth-order valence-corrected chi connectivity index (χ4v) is 6.50. The normalized spacial score (nSPS) is 14.9. The number of unbranched alkanes of at least 4 members (excludes halogenated alkanes) is 6. The summed E-state index contributed by atoms with van der Waals surface area (Å²) in [5.41, 5.74) is -0.478. The minimum Gasteiger partial charge on any atom is -0.457 e. The van der Waals surface area contributed by atoms with Crippen molar-refractivity contribution in [2.24, 2.45) is 0 Å². The largest absolute Gasteiger partial charge is 0.457 e. The Morgan fingerprint density at radius 2 is 0.907 bits per heavy atom. The fourth-order valence-electron chi connectivity index (χ4n) is 4.51.